The highest BCUT2D eigenvalue weighted by atomic mass is 32.2. The third kappa shape index (κ3) is 4.04. The minimum Gasteiger partial charge on any atom is -0.288 e. The molecule has 0 radical (unpaired) electrons. The van der Waals surface area contributed by atoms with Crippen molar-refractivity contribution in [1.29, 1.82) is 0 Å². The Hall–Kier alpha value is -0.130. The van der Waals surface area contributed by atoms with E-state index in [0.717, 1.165) is 4.47 Å². The largest absolute Gasteiger partial charge is 0.288 e. The third-order valence-corrected chi connectivity index (χ3v) is 3.43. The maximum atomic E-state index is 11.4. The van der Waals surface area contributed by atoms with Crippen molar-refractivity contribution in [2.75, 3.05) is 19.9 Å². The highest BCUT2D eigenvalue weighted by molar-refractivity contribution is 7.88. The van der Waals surface area contributed by atoms with Crippen LogP contribution in [-0.4, -0.2) is 32.8 Å². The van der Waals surface area contributed by atoms with Gasteiger partial charge in [-0.3, -0.25) is 4.84 Å². The lowest BCUT2D eigenvalue weighted by atomic mass is 10.0. The standard InChI is InChI=1S/C7H17NO3S/c1-7(2,3)6-12(9,10)8(4)11-5/h6H2,1-5H3. The molecule has 0 aliphatic carbocycles. The lowest BCUT2D eigenvalue weighted by Crippen LogP contribution is -2.33. The van der Waals surface area contributed by atoms with Crippen LogP contribution in [0.25, 0.3) is 0 Å². The van der Waals surface area contributed by atoms with Crippen molar-refractivity contribution in [3.8, 4) is 0 Å². The zero-order chi connectivity index (χ0) is 9.99. The molecule has 0 rings (SSSR count). The molecule has 0 aromatic carbocycles. The van der Waals surface area contributed by atoms with Gasteiger partial charge in [-0.2, -0.15) is 0 Å². The van der Waals surface area contributed by atoms with Gasteiger partial charge in [-0.1, -0.05) is 25.2 Å². The first kappa shape index (κ1) is 11.9. The molecule has 0 saturated heterocycles. The molecular weight excluding hydrogens is 178 g/mol. The van der Waals surface area contributed by atoms with E-state index in [1.165, 1.54) is 14.2 Å². The molecule has 0 fully saturated rings. The summed E-state index contributed by atoms with van der Waals surface area (Å²) in [6, 6.07) is 0. The van der Waals surface area contributed by atoms with E-state index in [1.807, 2.05) is 20.8 Å². The Bertz CT molecular complexity index is 228. The molecule has 0 amide bonds. The summed E-state index contributed by atoms with van der Waals surface area (Å²) >= 11 is 0. The molecule has 0 aromatic rings. The number of hydrogen-bond acceptors (Lipinski definition) is 3. The van der Waals surface area contributed by atoms with Gasteiger partial charge in [-0.25, -0.2) is 8.42 Å². The van der Waals surface area contributed by atoms with Crippen molar-refractivity contribution in [2.45, 2.75) is 20.8 Å². The zero-order valence-corrected chi connectivity index (χ0v) is 9.10. The Morgan fingerprint density at radius 1 is 1.33 bits per heavy atom. The van der Waals surface area contributed by atoms with E-state index >= 15 is 0 Å². The third-order valence-electron chi connectivity index (χ3n) is 1.26. The molecule has 0 aromatic heterocycles. The Morgan fingerprint density at radius 3 is 2.00 bits per heavy atom. The molecular formula is C7H17NO3S. The molecule has 74 valence electrons. The average Bonchev–Trinajstić information content (AvgIpc) is 1.80. The van der Waals surface area contributed by atoms with Crippen LogP contribution in [0.4, 0.5) is 0 Å². The van der Waals surface area contributed by atoms with Crippen molar-refractivity contribution in [1.82, 2.24) is 4.47 Å². The Balaban J connectivity index is 4.45. The van der Waals surface area contributed by atoms with Crippen molar-refractivity contribution in [3.05, 3.63) is 0 Å². The van der Waals surface area contributed by atoms with E-state index in [4.69, 9.17) is 0 Å². The summed E-state index contributed by atoms with van der Waals surface area (Å²) in [6.45, 7) is 5.61. The number of nitrogens with zero attached hydrogens (tertiary/aromatic N) is 1. The molecule has 0 unspecified atom stereocenters. The number of rotatable bonds is 3. The Morgan fingerprint density at radius 2 is 1.75 bits per heavy atom. The van der Waals surface area contributed by atoms with Crippen molar-refractivity contribution < 1.29 is 13.3 Å². The second kappa shape index (κ2) is 3.72. The van der Waals surface area contributed by atoms with Gasteiger partial charge in [-0.05, 0) is 5.41 Å². The first-order chi connectivity index (χ1) is 5.19. The van der Waals surface area contributed by atoms with Crippen LogP contribution >= 0.6 is 0 Å². The molecule has 12 heavy (non-hydrogen) atoms. The van der Waals surface area contributed by atoms with Crippen LogP contribution in [0, 0.1) is 5.41 Å². The Labute approximate surface area is 74.5 Å². The summed E-state index contributed by atoms with van der Waals surface area (Å²) in [4.78, 5) is 4.61. The van der Waals surface area contributed by atoms with Crippen LogP contribution in [-0.2, 0) is 14.9 Å². The quantitative estimate of drug-likeness (QED) is 0.627. The smallest absolute Gasteiger partial charge is 0.236 e. The van der Waals surface area contributed by atoms with Gasteiger partial charge in [0.15, 0.2) is 0 Å². The van der Waals surface area contributed by atoms with Gasteiger partial charge in [-0.15, -0.1) is 0 Å². The lowest BCUT2D eigenvalue weighted by molar-refractivity contribution is -0.0264. The summed E-state index contributed by atoms with van der Waals surface area (Å²) in [5, 5.41) is 0. The first-order valence-electron chi connectivity index (χ1n) is 3.70. The van der Waals surface area contributed by atoms with Crippen molar-refractivity contribution in [2.24, 2.45) is 5.41 Å². The van der Waals surface area contributed by atoms with Crippen LogP contribution < -0.4 is 0 Å². The lowest BCUT2D eigenvalue weighted by Gasteiger charge is -2.21. The van der Waals surface area contributed by atoms with E-state index in [9.17, 15) is 8.42 Å². The summed E-state index contributed by atoms with van der Waals surface area (Å²) in [7, 11) is -0.533. The van der Waals surface area contributed by atoms with E-state index in [2.05, 4.69) is 4.84 Å². The van der Waals surface area contributed by atoms with Crippen LogP contribution in [0.5, 0.6) is 0 Å². The number of sulfonamides is 1. The minimum absolute atomic E-state index is 0.0876. The molecule has 0 atom stereocenters. The van der Waals surface area contributed by atoms with Crippen LogP contribution in [0.1, 0.15) is 20.8 Å². The Kier molecular flexibility index (Phi) is 3.68. The minimum atomic E-state index is -3.26. The molecule has 0 heterocycles. The van der Waals surface area contributed by atoms with Gasteiger partial charge in [0.25, 0.3) is 0 Å². The molecule has 0 spiro atoms. The van der Waals surface area contributed by atoms with Crippen molar-refractivity contribution >= 4 is 10.0 Å². The fourth-order valence-electron chi connectivity index (χ4n) is 0.752. The van der Waals surface area contributed by atoms with Crippen LogP contribution in [0.2, 0.25) is 0 Å². The topological polar surface area (TPSA) is 46.6 Å². The molecule has 0 aliphatic rings. The maximum Gasteiger partial charge on any atom is 0.236 e. The molecule has 0 bridgehead atoms. The van der Waals surface area contributed by atoms with E-state index in [0.29, 0.717) is 0 Å². The fourth-order valence-corrected chi connectivity index (χ4v) is 2.26. The molecule has 0 aliphatic heterocycles. The van der Waals surface area contributed by atoms with E-state index in [-0.39, 0.29) is 11.2 Å². The van der Waals surface area contributed by atoms with Crippen molar-refractivity contribution in [3.63, 3.8) is 0 Å². The van der Waals surface area contributed by atoms with Crippen LogP contribution in [0.15, 0.2) is 0 Å². The summed E-state index contributed by atoms with van der Waals surface area (Å²) in [5.41, 5.74) is -0.244. The first-order valence-corrected chi connectivity index (χ1v) is 5.31. The predicted molar refractivity (Wildman–Crippen MR) is 48.0 cm³/mol. The monoisotopic (exact) mass is 195 g/mol. The van der Waals surface area contributed by atoms with Gasteiger partial charge in [0.1, 0.15) is 0 Å². The van der Waals surface area contributed by atoms with Gasteiger partial charge < -0.3 is 0 Å². The fraction of sp³-hybridized carbons (Fsp3) is 1.00. The summed E-state index contributed by atoms with van der Waals surface area (Å²) in [6.07, 6.45) is 0. The van der Waals surface area contributed by atoms with Crippen LogP contribution in [0.3, 0.4) is 0 Å². The van der Waals surface area contributed by atoms with Gasteiger partial charge >= 0.3 is 0 Å². The number of hydrogen-bond donors (Lipinski definition) is 0. The van der Waals surface area contributed by atoms with E-state index < -0.39 is 10.0 Å². The van der Waals surface area contributed by atoms with Gasteiger partial charge in [0.2, 0.25) is 10.0 Å². The number of hydroxylamine groups is 1. The van der Waals surface area contributed by atoms with Gasteiger partial charge in [0.05, 0.1) is 12.9 Å². The molecule has 4 nitrogen and oxygen atoms in total. The molecule has 0 saturated carbocycles. The maximum absolute atomic E-state index is 11.4. The SMILES string of the molecule is CON(C)S(=O)(=O)CC(C)(C)C. The highest BCUT2D eigenvalue weighted by Gasteiger charge is 2.25. The van der Waals surface area contributed by atoms with E-state index in [1.54, 1.807) is 0 Å². The zero-order valence-electron chi connectivity index (χ0n) is 8.29. The summed E-state index contributed by atoms with van der Waals surface area (Å²) in [5.74, 6) is 0.0876. The summed E-state index contributed by atoms with van der Waals surface area (Å²) < 4.78 is 23.6. The van der Waals surface area contributed by atoms with Gasteiger partial charge in [0, 0.05) is 7.05 Å². The molecule has 5 heteroatoms. The normalized spacial score (nSPS) is 13.8. The average molecular weight is 195 g/mol. The molecule has 0 N–H and O–H groups in total. The predicted octanol–water partition coefficient (Wildman–Crippen LogP) is 0.855. The highest BCUT2D eigenvalue weighted by Crippen LogP contribution is 2.17. The second-order valence-corrected chi connectivity index (χ2v) is 5.88. The second-order valence-electron chi connectivity index (χ2n) is 3.91.